The van der Waals surface area contributed by atoms with Gasteiger partial charge < -0.3 is 5.73 Å². The summed E-state index contributed by atoms with van der Waals surface area (Å²) in [5, 5.41) is 0.136. The van der Waals surface area contributed by atoms with Gasteiger partial charge in [-0.25, -0.2) is 0 Å². The molecule has 0 bridgehead atoms. The number of rotatable bonds is 7. The van der Waals surface area contributed by atoms with E-state index in [-0.39, 0.29) is 5.25 Å². The van der Waals surface area contributed by atoms with Crippen molar-refractivity contribution < 1.29 is 4.21 Å². The predicted octanol–water partition coefficient (Wildman–Crippen LogP) is 2.11. The van der Waals surface area contributed by atoms with Gasteiger partial charge in [0, 0.05) is 28.3 Å². The first kappa shape index (κ1) is 13.4. The second-order valence-electron chi connectivity index (χ2n) is 4.07. The lowest BCUT2D eigenvalue weighted by molar-refractivity contribution is 0.667. The Morgan fingerprint density at radius 1 is 1.25 bits per heavy atom. The van der Waals surface area contributed by atoms with E-state index in [1.165, 1.54) is 5.56 Å². The van der Waals surface area contributed by atoms with Crippen LogP contribution in [0, 0.1) is 0 Å². The molecule has 0 aliphatic rings. The summed E-state index contributed by atoms with van der Waals surface area (Å²) >= 11 is 0. The van der Waals surface area contributed by atoms with Gasteiger partial charge in [-0.15, -0.1) is 0 Å². The number of hydrogen-bond donors (Lipinski definition) is 1. The maximum Gasteiger partial charge on any atom is 0.0442 e. The highest BCUT2D eigenvalue weighted by Crippen LogP contribution is 2.06. The summed E-state index contributed by atoms with van der Waals surface area (Å²) in [7, 11) is -0.748. The van der Waals surface area contributed by atoms with Crippen molar-refractivity contribution >= 4 is 10.8 Å². The Hall–Kier alpha value is -0.670. The third-order valence-corrected chi connectivity index (χ3v) is 4.47. The van der Waals surface area contributed by atoms with E-state index in [0.29, 0.717) is 6.54 Å². The fourth-order valence-corrected chi connectivity index (χ4v) is 2.63. The monoisotopic (exact) mass is 239 g/mol. The molecule has 16 heavy (non-hydrogen) atoms. The lowest BCUT2D eigenvalue weighted by Crippen LogP contribution is -2.23. The Kier molecular flexibility index (Phi) is 6.34. The zero-order chi connectivity index (χ0) is 11.8. The molecule has 2 nitrogen and oxygen atoms in total. The standard InChI is InChI=1S/C13H21NOS/c1-12(11-14)16(15)10-6-5-9-13-7-3-2-4-8-13/h2-4,7-8,12H,5-6,9-11,14H2,1H3. The summed E-state index contributed by atoms with van der Waals surface area (Å²) in [6, 6.07) is 10.4. The van der Waals surface area contributed by atoms with Gasteiger partial charge >= 0.3 is 0 Å². The van der Waals surface area contributed by atoms with Crippen LogP contribution < -0.4 is 5.73 Å². The average Bonchev–Trinajstić information content (AvgIpc) is 2.34. The fraction of sp³-hybridized carbons (Fsp3) is 0.538. The van der Waals surface area contributed by atoms with Gasteiger partial charge in [0.1, 0.15) is 0 Å². The Bertz CT molecular complexity index is 313. The minimum Gasteiger partial charge on any atom is -0.329 e. The first-order valence-electron chi connectivity index (χ1n) is 5.85. The van der Waals surface area contributed by atoms with Gasteiger partial charge in [0.15, 0.2) is 0 Å². The average molecular weight is 239 g/mol. The minimum atomic E-state index is -0.748. The van der Waals surface area contributed by atoms with Crippen LogP contribution in [-0.2, 0) is 17.2 Å². The summed E-state index contributed by atoms with van der Waals surface area (Å²) < 4.78 is 11.6. The van der Waals surface area contributed by atoms with Crippen molar-refractivity contribution in [2.45, 2.75) is 31.4 Å². The maximum absolute atomic E-state index is 11.6. The zero-order valence-electron chi connectivity index (χ0n) is 9.89. The first-order valence-corrected chi connectivity index (χ1v) is 7.23. The van der Waals surface area contributed by atoms with Crippen LogP contribution in [0.4, 0.5) is 0 Å². The number of unbranched alkanes of at least 4 members (excludes halogenated alkanes) is 1. The summed E-state index contributed by atoms with van der Waals surface area (Å²) in [5.74, 6) is 0.783. The van der Waals surface area contributed by atoms with Crippen LogP contribution in [0.2, 0.25) is 0 Å². The molecule has 1 aromatic rings. The molecular formula is C13H21NOS. The smallest absolute Gasteiger partial charge is 0.0442 e. The van der Waals surface area contributed by atoms with Crippen molar-refractivity contribution in [3.63, 3.8) is 0 Å². The van der Waals surface area contributed by atoms with Crippen molar-refractivity contribution in [1.82, 2.24) is 0 Å². The molecule has 0 radical (unpaired) electrons. The quantitative estimate of drug-likeness (QED) is 0.741. The number of benzene rings is 1. The Labute approximate surface area is 101 Å². The summed E-state index contributed by atoms with van der Waals surface area (Å²) in [4.78, 5) is 0. The Morgan fingerprint density at radius 2 is 1.94 bits per heavy atom. The molecule has 0 amide bonds. The molecule has 2 unspecified atom stereocenters. The molecule has 90 valence electrons. The van der Waals surface area contributed by atoms with Crippen molar-refractivity contribution in [2.24, 2.45) is 5.73 Å². The van der Waals surface area contributed by atoms with Gasteiger partial charge in [-0.1, -0.05) is 30.3 Å². The van der Waals surface area contributed by atoms with Gasteiger partial charge in [0.05, 0.1) is 0 Å². The number of nitrogens with two attached hydrogens (primary N) is 1. The molecule has 0 spiro atoms. The second-order valence-corrected chi connectivity index (χ2v) is 6.05. The number of aryl methyl sites for hydroxylation is 1. The first-order chi connectivity index (χ1) is 7.74. The van der Waals surface area contributed by atoms with Crippen LogP contribution >= 0.6 is 0 Å². The molecule has 0 aliphatic heterocycles. The molecule has 2 atom stereocenters. The lowest BCUT2D eigenvalue weighted by atomic mass is 10.1. The largest absolute Gasteiger partial charge is 0.329 e. The van der Waals surface area contributed by atoms with E-state index in [1.54, 1.807) is 0 Å². The number of hydrogen-bond acceptors (Lipinski definition) is 2. The van der Waals surface area contributed by atoms with Gasteiger partial charge in [-0.05, 0) is 31.7 Å². The highest BCUT2D eigenvalue weighted by molar-refractivity contribution is 7.85. The molecule has 0 aromatic heterocycles. The van der Waals surface area contributed by atoms with Gasteiger partial charge in [0.25, 0.3) is 0 Å². The van der Waals surface area contributed by atoms with Crippen molar-refractivity contribution in [3.05, 3.63) is 35.9 Å². The SMILES string of the molecule is CC(CN)S(=O)CCCCc1ccccc1. The molecule has 0 fully saturated rings. The van der Waals surface area contributed by atoms with Gasteiger partial charge in [-0.3, -0.25) is 4.21 Å². The highest BCUT2D eigenvalue weighted by atomic mass is 32.2. The van der Waals surface area contributed by atoms with Crippen LogP contribution in [0.25, 0.3) is 0 Å². The van der Waals surface area contributed by atoms with Crippen molar-refractivity contribution in [3.8, 4) is 0 Å². The molecule has 0 heterocycles. The highest BCUT2D eigenvalue weighted by Gasteiger charge is 2.07. The van der Waals surface area contributed by atoms with Gasteiger partial charge in [-0.2, -0.15) is 0 Å². The molecule has 0 saturated carbocycles. The van der Waals surface area contributed by atoms with E-state index in [2.05, 4.69) is 24.3 Å². The molecular weight excluding hydrogens is 218 g/mol. The van der Waals surface area contributed by atoms with E-state index >= 15 is 0 Å². The topological polar surface area (TPSA) is 43.1 Å². The van der Waals surface area contributed by atoms with Crippen molar-refractivity contribution in [1.29, 1.82) is 0 Å². The van der Waals surface area contributed by atoms with Crippen LogP contribution in [0.1, 0.15) is 25.3 Å². The molecule has 2 N–H and O–H groups in total. The van der Waals surface area contributed by atoms with Crippen LogP contribution in [-0.4, -0.2) is 21.8 Å². The molecule has 1 rings (SSSR count). The molecule has 3 heteroatoms. The van der Waals surface area contributed by atoms with E-state index in [1.807, 2.05) is 13.0 Å². The second kappa shape index (κ2) is 7.58. The van der Waals surface area contributed by atoms with Crippen LogP contribution in [0.15, 0.2) is 30.3 Å². The van der Waals surface area contributed by atoms with E-state index < -0.39 is 10.8 Å². The van der Waals surface area contributed by atoms with Gasteiger partial charge in [0.2, 0.25) is 0 Å². The van der Waals surface area contributed by atoms with E-state index in [4.69, 9.17) is 5.73 Å². The molecule has 1 aromatic carbocycles. The maximum atomic E-state index is 11.6. The molecule has 0 aliphatic carbocycles. The van der Waals surface area contributed by atoms with E-state index in [9.17, 15) is 4.21 Å². The summed E-state index contributed by atoms with van der Waals surface area (Å²) in [6.07, 6.45) is 3.20. The lowest BCUT2D eigenvalue weighted by Gasteiger charge is -2.08. The minimum absolute atomic E-state index is 0.136. The van der Waals surface area contributed by atoms with Crippen LogP contribution in [0.3, 0.4) is 0 Å². The third-order valence-electron chi connectivity index (χ3n) is 2.68. The van der Waals surface area contributed by atoms with E-state index in [0.717, 1.165) is 25.0 Å². The summed E-state index contributed by atoms with van der Waals surface area (Å²) in [6.45, 7) is 2.47. The summed E-state index contributed by atoms with van der Waals surface area (Å²) in [5.41, 5.74) is 6.84. The fourth-order valence-electron chi connectivity index (χ4n) is 1.53. The molecule has 0 saturated heterocycles. The zero-order valence-corrected chi connectivity index (χ0v) is 10.7. The Balaban J connectivity index is 2.15. The Morgan fingerprint density at radius 3 is 2.56 bits per heavy atom. The van der Waals surface area contributed by atoms with Crippen molar-refractivity contribution in [2.75, 3.05) is 12.3 Å². The van der Waals surface area contributed by atoms with Crippen LogP contribution in [0.5, 0.6) is 0 Å². The normalized spacial score (nSPS) is 14.6. The predicted molar refractivity (Wildman–Crippen MR) is 70.9 cm³/mol. The third kappa shape index (κ3) is 4.90.